The quantitative estimate of drug-likeness (QED) is 0.540. The fourth-order valence-corrected chi connectivity index (χ4v) is 5.28. The molecule has 3 amide bonds. The molecule has 2 aromatic carbocycles. The van der Waals surface area contributed by atoms with Crippen LogP contribution in [0.2, 0.25) is 0 Å². The number of hydrogen-bond donors (Lipinski definition) is 1. The van der Waals surface area contributed by atoms with Gasteiger partial charge in [-0.3, -0.25) is 19.3 Å². The number of nitrogens with one attached hydrogen (secondary N) is 1. The lowest BCUT2D eigenvalue weighted by Gasteiger charge is -2.38. The lowest BCUT2D eigenvalue weighted by atomic mass is 9.63. The Morgan fingerprint density at radius 3 is 2.00 bits per heavy atom. The molecule has 152 valence electrons. The molecule has 5 nitrogen and oxygen atoms in total. The number of carbonyl (C=O) groups excluding carboxylic acids is 3. The predicted octanol–water partition coefficient (Wildman–Crippen LogP) is 4.33. The Hall–Kier alpha value is -2.73. The van der Waals surface area contributed by atoms with E-state index in [2.05, 4.69) is 33.4 Å². The number of rotatable bonds is 4. The molecule has 4 aliphatic rings. The largest absolute Gasteiger partial charge is 0.326 e. The molecule has 30 heavy (non-hydrogen) atoms. The van der Waals surface area contributed by atoms with E-state index in [4.69, 9.17) is 0 Å². The van der Waals surface area contributed by atoms with E-state index in [1.54, 1.807) is 12.1 Å². The monoisotopic (exact) mass is 464 g/mol. The Morgan fingerprint density at radius 2 is 1.47 bits per heavy atom. The highest BCUT2D eigenvalue weighted by Gasteiger charge is 2.56. The van der Waals surface area contributed by atoms with Crippen LogP contribution >= 0.6 is 15.9 Å². The Bertz CT molecular complexity index is 1010. The summed E-state index contributed by atoms with van der Waals surface area (Å²) in [5.74, 6) is -0.331. The standard InChI is InChI=1S/C24H21BrN2O3/c25-17-7-9-18(10-8-17)26-20(28)13-14-1-11-19(12-2-14)27-23(29)21-15-3-4-16(6-5-15)22(21)24(27)30/h1-4,7-12,15-16,21-22H,5-6,13H2,(H,26,28). The molecule has 1 N–H and O–H groups in total. The van der Waals surface area contributed by atoms with Gasteiger partial charge in [0.25, 0.3) is 0 Å². The normalized spacial score (nSPS) is 26.8. The average Bonchev–Trinajstić information content (AvgIpc) is 3.04. The zero-order valence-corrected chi connectivity index (χ0v) is 17.8. The zero-order chi connectivity index (χ0) is 20.8. The van der Waals surface area contributed by atoms with Crippen molar-refractivity contribution in [3.05, 3.63) is 70.7 Å². The van der Waals surface area contributed by atoms with Gasteiger partial charge in [-0.1, -0.05) is 40.2 Å². The van der Waals surface area contributed by atoms with Crippen molar-refractivity contribution >= 4 is 45.0 Å². The van der Waals surface area contributed by atoms with Crippen LogP contribution in [0.5, 0.6) is 0 Å². The van der Waals surface area contributed by atoms with Gasteiger partial charge in [0.1, 0.15) is 0 Å². The summed E-state index contributed by atoms with van der Waals surface area (Å²) >= 11 is 3.37. The number of carbonyl (C=O) groups is 3. The van der Waals surface area contributed by atoms with Crippen molar-refractivity contribution in [2.75, 3.05) is 10.2 Å². The SMILES string of the molecule is O=C(Cc1ccc(N2C(=O)C3C4C=CC(CC4)C3C2=O)cc1)Nc1ccc(Br)cc1. The first kappa shape index (κ1) is 19.2. The van der Waals surface area contributed by atoms with Crippen molar-refractivity contribution in [1.29, 1.82) is 0 Å². The molecule has 1 saturated heterocycles. The van der Waals surface area contributed by atoms with Gasteiger partial charge in [0.05, 0.1) is 23.9 Å². The van der Waals surface area contributed by atoms with E-state index >= 15 is 0 Å². The number of benzene rings is 2. The van der Waals surface area contributed by atoms with E-state index < -0.39 is 0 Å². The Kier molecular flexibility index (Phi) is 4.82. The molecule has 3 aliphatic carbocycles. The van der Waals surface area contributed by atoms with Crippen LogP contribution in [0.3, 0.4) is 0 Å². The van der Waals surface area contributed by atoms with Crippen LogP contribution in [0.25, 0.3) is 0 Å². The Labute approximate surface area is 183 Å². The predicted molar refractivity (Wildman–Crippen MR) is 118 cm³/mol. The molecule has 2 fully saturated rings. The molecule has 0 radical (unpaired) electrons. The molecule has 0 spiro atoms. The molecular formula is C24H21BrN2O3. The number of nitrogens with zero attached hydrogens (tertiary/aromatic N) is 1. The van der Waals surface area contributed by atoms with Crippen molar-refractivity contribution in [3.8, 4) is 0 Å². The molecule has 2 aromatic rings. The highest BCUT2D eigenvalue weighted by atomic mass is 79.9. The highest BCUT2D eigenvalue weighted by molar-refractivity contribution is 9.10. The molecule has 1 aliphatic heterocycles. The lowest BCUT2D eigenvalue weighted by molar-refractivity contribution is -0.124. The average molecular weight is 465 g/mol. The number of halogens is 1. The summed E-state index contributed by atoms with van der Waals surface area (Å²) in [6.45, 7) is 0. The Balaban J connectivity index is 1.28. The second kappa shape index (κ2) is 7.51. The van der Waals surface area contributed by atoms with Crippen LogP contribution in [0.4, 0.5) is 11.4 Å². The maximum atomic E-state index is 13.0. The topological polar surface area (TPSA) is 66.5 Å². The smallest absolute Gasteiger partial charge is 0.238 e. The number of imide groups is 1. The molecule has 6 heteroatoms. The molecule has 6 rings (SSSR count). The number of allylic oxidation sites excluding steroid dienone is 2. The van der Waals surface area contributed by atoms with Gasteiger partial charge in [0, 0.05) is 10.2 Å². The molecule has 0 aromatic heterocycles. The van der Waals surface area contributed by atoms with Crippen LogP contribution in [0, 0.1) is 23.7 Å². The third-order valence-electron chi connectivity index (χ3n) is 6.45. The van der Waals surface area contributed by atoms with Crippen LogP contribution in [0.1, 0.15) is 18.4 Å². The lowest BCUT2D eigenvalue weighted by Crippen LogP contribution is -2.38. The summed E-state index contributed by atoms with van der Waals surface area (Å²) in [5, 5.41) is 2.87. The number of anilines is 2. The minimum atomic E-state index is -0.211. The molecule has 4 unspecified atom stereocenters. The first-order valence-corrected chi connectivity index (χ1v) is 11.0. The van der Waals surface area contributed by atoms with Gasteiger partial charge >= 0.3 is 0 Å². The summed E-state index contributed by atoms with van der Waals surface area (Å²) in [7, 11) is 0. The Morgan fingerprint density at radius 1 is 0.900 bits per heavy atom. The van der Waals surface area contributed by atoms with Gasteiger partial charge in [0.15, 0.2) is 0 Å². The van der Waals surface area contributed by atoms with Crippen molar-refractivity contribution in [2.24, 2.45) is 23.7 Å². The van der Waals surface area contributed by atoms with Crippen molar-refractivity contribution in [1.82, 2.24) is 0 Å². The maximum Gasteiger partial charge on any atom is 0.238 e. The second-order valence-corrected chi connectivity index (χ2v) is 9.17. The fraction of sp³-hybridized carbons (Fsp3) is 0.292. The van der Waals surface area contributed by atoms with Gasteiger partial charge in [-0.25, -0.2) is 0 Å². The van der Waals surface area contributed by atoms with Crippen molar-refractivity contribution < 1.29 is 14.4 Å². The third kappa shape index (κ3) is 3.29. The van der Waals surface area contributed by atoms with Crippen LogP contribution < -0.4 is 10.2 Å². The number of fused-ring (bicyclic) bond motifs is 1. The maximum absolute atomic E-state index is 13.0. The van der Waals surface area contributed by atoms with E-state index in [0.29, 0.717) is 5.69 Å². The van der Waals surface area contributed by atoms with E-state index in [9.17, 15) is 14.4 Å². The van der Waals surface area contributed by atoms with Gasteiger partial charge in [0.2, 0.25) is 17.7 Å². The van der Waals surface area contributed by atoms with Gasteiger partial charge in [-0.15, -0.1) is 0 Å². The van der Waals surface area contributed by atoms with Crippen molar-refractivity contribution in [2.45, 2.75) is 19.3 Å². The summed E-state index contributed by atoms with van der Waals surface area (Å²) < 4.78 is 0.950. The number of hydrogen-bond acceptors (Lipinski definition) is 3. The van der Waals surface area contributed by atoms with Crippen molar-refractivity contribution in [3.63, 3.8) is 0 Å². The van der Waals surface area contributed by atoms with Gasteiger partial charge < -0.3 is 5.32 Å². The molecule has 4 atom stereocenters. The van der Waals surface area contributed by atoms with Crippen LogP contribution in [0.15, 0.2) is 65.2 Å². The van der Waals surface area contributed by atoms with Crippen LogP contribution in [-0.2, 0) is 20.8 Å². The summed E-state index contributed by atoms with van der Waals surface area (Å²) in [6.07, 6.45) is 6.44. The van der Waals surface area contributed by atoms with E-state index in [-0.39, 0.29) is 47.8 Å². The minimum Gasteiger partial charge on any atom is -0.326 e. The molecule has 2 bridgehead atoms. The molecule has 1 heterocycles. The van der Waals surface area contributed by atoms with E-state index in [1.807, 2.05) is 36.4 Å². The molecular weight excluding hydrogens is 444 g/mol. The first-order chi connectivity index (χ1) is 14.5. The fourth-order valence-electron chi connectivity index (χ4n) is 5.02. The molecule has 1 saturated carbocycles. The number of amides is 3. The third-order valence-corrected chi connectivity index (χ3v) is 6.98. The summed E-state index contributed by atoms with van der Waals surface area (Å²) in [6, 6.07) is 14.6. The van der Waals surface area contributed by atoms with Gasteiger partial charge in [-0.2, -0.15) is 0 Å². The van der Waals surface area contributed by atoms with Crippen LogP contribution in [-0.4, -0.2) is 17.7 Å². The minimum absolute atomic E-state index is 0.0789. The van der Waals surface area contributed by atoms with Gasteiger partial charge in [-0.05, 0) is 66.6 Å². The second-order valence-electron chi connectivity index (χ2n) is 8.25. The van der Waals surface area contributed by atoms with E-state index in [1.165, 1.54) is 4.90 Å². The first-order valence-electron chi connectivity index (χ1n) is 10.2. The van der Waals surface area contributed by atoms with E-state index in [0.717, 1.165) is 28.6 Å². The summed E-state index contributed by atoms with van der Waals surface area (Å²) in [5.41, 5.74) is 2.15. The highest BCUT2D eigenvalue weighted by Crippen LogP contribution is 2.50. The summed E-state index contributed by atoms with van der Waals surface area (Å²) in [4.78, 5) is 39.7. The zero-order valence-electron chi connectivity index (χ0n) is 16.3.